The quantitative estimate of drug-likeness (QED) is 0.360. The molecule has 0 saturated carbocycles. The first-order valence-electron chi connectivity index (χ1n) is 9.31. The Labute approximate surface area is 173 Å². The van der Waals surface area contributed by atoms with Gasteiger partial charge >= 0.3 is 0 Å². The predicted molar refractivity (Wildman–Crippen MR) is 116 cm³/mol. The summed E-state index contributed by atoms with van der Waals surface area (Å²) in [4.78, 5) is 22.6. The second-order valence-corrected chi connectivity index (χ2v) is 7.46. The molecular formula is C20H25BrN6O. The van der Waals surface area contributed by atoms with E-state index >= 15 is 0 Å². The number of guanidine groups is 1. The van der Waals surface area contributed by atoms with Gasteiger partial charge in [0, 0.05) is 61.8 Å². The molecular weight excluding hydrogens is 420 g/mol. The lowest BCUT2D eigenvalue weighted by Crippen LogP contribution is -2.46. The highest BCUT2D eigenvalue weighted by molar-refractivity contribution is 9.10. The van der Waals surface area contributed by atoms with E-state index in [1.54, 1.807) is 31.6 Å². The number of hydrogen-bond donors (Lipinski definition) is 3. The number of aliphatic imine (C=N–C) groups is 1. The van der Waals surface area contributed by atoms with E-state index in [1.165, 1.54) is 5.69 Å². The van der Waals surface area contributed by atoms with Crippen molar-refractivity contribution in [3.63, 3.8) is 0 Å². The van der Waals surface area contributed by atoms with Crippen LogP contribution in [0.25, 0.3) is 0 Å². The van der Waals surface area contributed by atoms with Crippen molar-refractivity contribution in [1.29, 1.82) is 0 Å². The zero-order valence-electron chi connectivity index (χ0n) is 15.9. The van der Waals surface area contributed by atoms with Gasteiger partial charge in [-0.2, -0.15) is 0 Å². The Morgan fingerprint density at radius 2 is 2.04 bits per heavy atom. The number of aromatic nitrogens is 1. The summed E-state index contributed by atoms with van der Waals surface area (Å²) in [6.45, 7) is 3.04. The van der Waals surface area contributed by atoms with Crippen molar-refractivity contribution < 1.29 is 4.79 Å². The number of halogens is 1. The smallest absolute Gasteiger partial charge is 0.252 e. The first-order valence-corrected chi connectivity index (χ1v) is 10.1. The molecule has 2 heterocycles. The number of anilines is 1. The highest BCUT2D eigenvalue weighted by atomic mass is 79.9. The Hall–Kier alpha value is -2.61. The fourth-order valence-corrected chi connectivity index (χ4v) is 3.37. The van der Waals surface area contributed by atoms with E-state index in [2.05, 4.69) is 71.0 Å². The highest BCUT2D eigenvalue weighted by Crippen LogP contribution is 2.22. The van der Waals surface area contributed by atoms with Crippen molar-refractivity contribution in [3.05, 3.63) is 58.8 Å². The summed E-state index contributed by atoms with van der Waals surface area (Å²) in [6, 6.07) is 12.2. The number of rotatable bonds is 6. The molecule has 148 valence electrons. The molecule has 1 atom stereocenters. The maximum atomic E-state index is 12.0. The summed E-state index contributed by atoms with van der Waals surface area (Å²) in [5, 5.41) is 9.58. The molecule has 2 aromatic rings. The third-order valence-electron chi connectivity index (χ3n) is 4.57. The molecule has 1 aliphatic heterocycles. The second-order valence-electron chi connectivity index (χ2n) is 6.55. The van der Waals surface area contributed by atoms with E-state index in [-0.39, 0.29) is 5.91 Å². The fourth-order valence-electron chi connectivity index (χ4n) is 3.11. The van der Waals surface area contributed by atoms with Gasteiger partial charge in [-0.05, 0) is 42.8 Å². The summed E-state index contributed by atoms with van der Waals surface area (Å²) < 4.78 is 1.09. The zero-order valence-corrected chi connectivity index (χ0v) is 17.4. The number of carbonyl (C=O) groups is 1. The fraction of sp³-hybridized carbons (Fsp3) is 0.350. The number of pyridine rings is 1. The monoisotopic (exact) mass is 444 g/mol. The summed E-state index contributed by atoms with van der Waals surface area (Å²) in [5.74, 6) is 0.622. The van der Waals surface area contributed by atoms with Crippen LogP contribution in [0.4, 0.5) is 5.69 Å². The summed E-state index contributed by atoms with van der Waals surface area (Å²) >= 11 is 3.48. The van der Waals surface area contributed by atoms with Crippen molar-refractivity contribution in [3.8, 4) is 0 Å². The predicted octanol–water partition coefficient (Wildman–Crippen LogP) is 2.02. The Morgan fingerprint density at radius 1 is 1.25 bits per heavy atom. The molecule has 1 aliphatic rings. The molecule has 28 heavy (non-hydrogen) atoms. The van der Waals surface area contributed by atoms with Gasteiger partial charge in [0.1, 0.15) is 0 Å². The molecule has 1 saturated heterocycles. The summed E-state index contributed by atoms with van der Waals surface area (Å²) in [5.41, 5.74) is 1.79. The van der Waals surface area contributed by atoms with Crippen LogP contribution >= 0.6 is 15.9 Å². The number of hydrogen-bond acceptors (Lipinski definition) is 4. The Kier molecular flexibility index (Phi) is 7.25. The standard InChI is InChI=1S/C20H25BrN6O/c1-22-20(25-11-10-24-19(28)15-3-2-9-23-13-15)26-17-8-12-27(14-17)18-6-4-16(21)5-7-18/h2-7,9,13,17H,8,10-12,14H2,1H3,(H,24,28)(H2,22,25,26). The number of nitrogens with zero attached hydrogens (tertiary/aromatic N) is 3. The molecule has 3 rings (SSSR count). The number of amides is 1. The van der Waals surface area contributed by atoms with E-state index in [0.29, 0.717) is 24.7 Å². The molecule has 8 heteroatoms. The highest BCUT2D eigenvalue weighted by Gasteiger charge is 2.23. The van der Waals surface area contributed by atoms with Crippen molar-refractivity contribution in [2.24, 2.45) is 4.99 Å². The third-order valence-corrected chi connectivity index (χ3v) is 5.10. The van der Waals surface area contributed by atoms with E-state index in [0.717, 1.165) is 29.9 Å². The van der Waals surface area contributed by atoms with E-state index in [1.807, 2.05) is 0 Å². The SMILES string of the molecule is CN=C(NCCNC(=O)c1cccnc1)NC1CCN(c2ccc(Br)cc2)C1. The van der Waals surface area contributed by atoms with Gasteiger partial charge in [0.15, 0.2) is 5.96 Å². The number of carbonyl (C=O) groups excluding carboxylic acids is 1. The molecule has 1 unspecified atom stereocenters. The van der Waals surface area contributed by atoms with Gasteiger partial charge in [-0.15, -0.1) is 0 Å². The lowest BCUT2D eigenvalue weighted by Gasteiger charge is -2.20. The maximum Gasteiger partial charge on any atom is 0.252 e. The van der Waals surface area contributed by atoms with Gasteiger partial charge in [-0.25, -0.2) is 0 Å². The van der Waals surface area contributed by atoms with Crippen LogP contribution < -0.4 is 20.9 Å². The third kappa shape index (κ3) is 5.69. The number of benzene rings is 1. The molecule has 0 aliphatic carbocycles. The van der Waals surface area contributed by atoms with Crippen LogP contribution in [0.3, 0.4) is 0 Å². The molecule has 1 fully saturated rings. The van der Waals surface area contributed by atoms with Crippen LogP contribution in [-0.4, -0.2) is 56.1 Å². The Bertz CT molecular complexity index is 796. The van der Waals surface area contributed by atoms with Gasteiger partial charge in [0.2, 0.25) is 0 Å². The van der Waals surface area contributed by atoms with Crippen LogP contribution in [-0.2, 0) is 0 Å². The van der Waals surface area contributed by atoms with Crippen molar-refractivity contribution in [2.45, 2.75) is 12.5 Å². The molecule has 0 spiro atoms. The minimum atomic E-state index is -0.126. The average Bonchev–Trinajstić information content (AvgIpc) is 3.19. The molecule has 1 aromatic heterocycles. The second kappa shape index (κ2) is 10.1. The molecule has 0 radical (unpaired) electrons. The minimum Gasteiger partial charge on any atom is -0.369 e. The largest absolute Gasteiger partial charge is 0.369 e. The van der Waals surface area contributed by atoms with Gasteiger partial charge in [-0.1, -0.05) is 15.9 Å². The van der Waals surface area contributed by atoms with Gasteiger partial charge in [0.05, 0.1) is 5.56 Å². The summed E-state index contributed by atoms with van der Waals surface area (Å²) in [6.07, 6.45) is 4.25. The van der Waals surface area contributed by atoms with E-state index in [9.17, 15) is 4.79 Å². The van der Waals surface area contributed by atoms with Gasteiger partial charge in [0.25, 0.3) is 5.91 Å². The van der Waals surface area contributed by atoms with E-state index < -0.39 is 0 Å². The number of nitrogens with one attached hydrogen (secondary N) is 3. The Morgan fingerprint density at radius 3 is 2.75 bits per heavy atom. The first kappa shape index (κ1) is 20.1. The lowest BCUT2D eigenvalue weighted by molar-refractivity contribution is 0.0954. The van der Waals surface area contributed by atoms with E-state index in [4.69, 9.17) is 0 Å². The molecule has 7 nitrogen and oxygen atoms in total. The summed E-state index contributed by atoms with van der Waals surface area (Å²) in [7, 11) is 1.75. The van der Waals surface area contributed by atoms with Crippen molar-refractivity contribution in [2.75, 3.05) is 38.1 Å². The van der Waals surface area contributed by atoms with Crippen LogP contribution in [0.5, 0.6) is 0 Å². The maximum absolute atomic E-state index is 12.0. The first-order chi connectivity index (χ1) is 13.7. The van der Waals surface area contributed by atoms with Crippen molar-refractivity contribution >= 4 is 33.5 Å². The normalized spacial score (nSPS) is 16.7. The van der Waals surface area contributed by atoms with Gasteiger partial charge < -0.3 is 20.9 Å². The molecule has 1 aromatic carbocycles. The topological polar surface area (TPSA) is 81.6 Å². The molecule has 0 bridgehead atoms. The average molecular weight is 445 g/mol. The van der Waals surface area contributed by atoms with Crippen molar-refractivity contribution in [1.82, 2.24) is 20.9 Å². The Balaban J connectivity index is 1.39. The minimum absolute atomic E-state index is 0.126. The molecule has 3 N–H and O–H groups in total. The van der Waals surface area contributed by atoms with Crippen LogP contribution in [0.2, 0.25) is 0 Å². The van der Waals surface area contributed by atoms with Gasteiger partial charge in [-0.3, -0.25) is 14.8 Å². The van der Waals surface area contributed by atoms with Crippen LogP contribution in [0.1, 0.15) is 16.8 Å². The van der Waals surface area contributed by atoms with Crippen LogP contribution in [0.15, 0.2) is 58.3 Å². The lowest BCUT2D eigenvalue weighted by atomic mass is 10.2. The zero-order chi connectivity index (χ0) is 19.8. The van der Waals surface area contributed by atoms with Crippen LogP contribution in [0, 0.1) is 0 Å². The molecule has 1 amide bonds.